The van der Waals surface area contributed by atoms with Crippen molar-refractivity contribution in [2.75, 3.05) is 6.61 Å². The Labute approximate surface area is 142 Å². The molecule has 1 aliphatic rings. The standard InChI is InChI=1S/C17H15BrClNO2/c18-14-9-12(19)6-8-16(14)22-10-17(21)20-15-7-5-11-3-1-2-4-13(11)15/h1-4,6,8-9,15H,5,7,10H2,(H,20,21)/t15-/m1/s1. The van der Waals surface area contributed by atoms with Crippen molar-refractivity contribution in [2.45, 2.75) is 18.9 Å². The molecule has 2 aromatic carbocycles. The van der Waals surface area contributed by atoms with Crippen LogP contribution in [0.4, 0.5) is 0 Å². The predicted molar refractivity (Wildman–Crippen MR) is 90.3 cm³/mol. The van der Waals surface area contributed by atoms with Crippen molar-refractivity contribution < 1.29 is 9.53 Å². The van der Waals surface area contributed by atoms with Crippen molar-refractivity contribution >= 4 is 33.4 Å². The first-order valence-electron chi connectivity index (χ1n) is 7.08. The summed E-state index contributed by atoms with van der Waals surface area (Å²) in [7, 11) is 0. The third-order valence-corrected chi connectivity index (χ3v) is 4.58. The van der Waals surface area contributed by atoms with Crippen molar-refractivity contribution in [3.8, 4) is 5.75 Å². The zero-order valence-electron chi connectivity index (χ0n) is 11.8. The van der Waals surface area contributed by atoms with Crippen LogP contribution < -0.4 is 10.1 Å². The van der Waals surface area contributed by atoms with E-state index in [1.54, 1.807) is 18.2 Å². The molecule has 0 saturated carbocycles. The molecule has 0 fully saturated rings. The van der Waals surface area contributed by atoms with E-state index in [0.29, 0.717) is 10.8 Å². The van der Waals surface area contributed by atoms with Gasteiger partial charge in [0.2, 0.25) is 0 Å². The fraction of sp³-hybridized carbons (Fsp3) is 0.235. The molecule has 0 saturated heterocycles. The van der Waals surface area contributed by atoms with Crippen molar-refractivity contribution in [1.29, 1.82) is 0 Å². The molecule has 0 radical (unpaired) electrons. The highest BCUT2D eigenvalue weighted by molar-refractivity contribution is 9.10. The summed E-state index contributed by atoms with van der Waals surface area (Å²) >= 11 is 9.24. The number of benzene rings is 2. The quantitative estimate of drug-likeness (QED) is 0.859. The summed E-state index contributed by atoms with van der Waals surface area (Å²) < 4.78 is 6.27. The molecule has 114 valence electrons. The average molecular weight is 381 g/mol. The number of carbonyl (C=O) groups is 1. The number of amides is 1. The summed E-state index contributed by atoms with van der Waals surface area (Å²) in [5.41, 5.74) is 2.53. The Bertz CT molecular complexity index is 705. The monoisotopic (exact) mass is 379 g/mol. The largest absolute Gasteiger partial charge is 0.483 e. The molecular weight excluding hydrogens is 366 g/mol. The van der Waals surface area contributed by atoms with Gasteiger partial charge in [0.25, 0.3) is 5.91 Å². The number of aryl methyl sites for hydroxylation is 1. The zero-order chi connectivity index (χ0) is 15.5. The van der Waals surface area contributed by atoms with Gasteiger partial charge in [-0.2, -0.15) is 0 Å². The highest BCUT2D eigenvalue weighted by atomic mass is 79.9. The Kier molecular flexibility index (Phi) is 4.69. The van der Waals surface area contributed by atoms with Crippen LogP contribution in [0.15, 0.2) is 46.9 Å². The number of hydrogen-bond acceptors (Lipinski definition) is 2. The van der Waals surface area contributed by atoms with Crippen molar-refractivity contribution in [3.63, 3.8) is 0 Å². The van der Waals surface area contributed by atoms with Gasteiger partial charge in [-0.25, -0.2) is 0 Å². The van der Waals surface area contributed by atoms with E-state index in [-0.39, 0.29) is 18.6 Å². The molecule has 3 rings (SSSR count). The minimum atomic E-state index is -0.122. The van der Waals surface area contributed by atoms with Crippen LogP contribution in [0.2, 0.25) is 5.02 Å². The van der Waals surface area contributed by atoms with Gasteiger partial charge in [-0.3, -0.25) is 4.79 Å². The van der Waals surface area contributed by atoms with Crippen LogP contribution in [0.3, 0.4) is 0 Å². The van der Waals surface area contributed by atoms with E-state index >= 15 is 0 Å². The van der Waals surface area contributed by atoms with E-state index in [1.807, 2.05) is 12.1 Å². The minimum absolute atomic E-state index is 0.0150. The number of rotatable bonds is 4. The Morgan fingerprint density at radius 1 is 1.32 bits per heavy atom. The first-order chi connectivity index (χ1) is 10.6. The van der Waals surface area contributed by atoms with E-state index < -0.39 is 0 Å². The molecule has 1 amide bonds. The molecule has 0 heterocycles. The molecule has 0 unspecified atom stereocenters. The summed E-state index contributed by atoms with van der Waals surface area (Å²) in [5.74, 6) is 0.481. The number of fused-ring (bicyclic) bond motifs is 1. The zero-order valence-corrected chi connectivity index (χ0v) is 14.2. The van der Waals surface area contributed by atoms with Gasteiger partial charge in [0.05, 0.1) is 10.5 Å². The molecule has 0 spiro atoms. The molecule has 1 atom stereocenters. The van der Waals surface area contributed by atoms with Gasteiger partial charge in [-0.15, -0.1) is 0 Å². The first-order valence-corrected chi connectivity index (χ1v) is 8.25. The molecule has 0 aliphatic heterocycles. The third-order valence-electron chi connectivity index (χ3n) is 3.72. The smallest absolute Gasteiger partial charge is 0.258 e. The van der Waals surface area contributed by atoms with Gasteiger partial charge < -0.3 is 10.1 Å². The number of nitrogens with one attached hydrogen (secondary N) is 1. The number of ether oxygens (including phenoxy) is 1. The molecular formula is C17H15BrClNO2. The van der Waals surface area contributed by atoms with Crippen LogP contribution in [-0.2, 0) is 11.2 Å². The van der Waals surface area contributed by atoms with Crippen LogP contribution in [-0.4, -0.2) is 12.5 Å². The second-order valence-corrected chi connectivity index (χ2v) is 6.51. The lowest BCUT2D eigenvalue weighted by Gasteiger charge is -2.15. The van der Waals surface area contributed by atoms with E-state index in [1.165, 1.54) is 11.1 Å². The fourth-order valence-corrected chi connectivity index (χ4v) is 3.48. The molecule has 1 aliphatic carbocycles. The summed E-state index contributed by atoms with van der Waals surface area (Å²) in [6.45, 7) is -0.0150. The van der Waals surface area contributed by atoms with Crippen molar-refractivity contribution in [3.05, 3.63) is 63.1 Å². The Morgan fingerprint density at radius 3 is 2.95 bits per heavy atom. The van der Waals surface area contributed by atoms with Gasteiger partial charge in [0.1, 0.15) is 5.75 Å². The maximum absolute atomic E-state index is 12.1. The topological polar surface area (TPSA) is 38.3 Å². The SMILES string of the molecule is O=C(COc1ccc(Cl)cc1Br)N[C@@H]1CCc2ccccc21. The molecule has 22 heavy (non-hydrogen) atoms. The lowest BCUT2D eigenvalue weighted by molar-refractivity contribution is -0.123. The fourth-order valence-electron chi connectivity index (χ4n) is 2.68. The molecule has 1 N–H and O–H groups in total. The molecule has 5 heteroatoms. The Morgan fingerprint density at radius 2 is 2.14 bits per heavy atom. The number of hydrogen-bond donors (Lipinski definition) is 1. The van der Waals surface area contributed by atoms with E-state index in [0.717, 1.165) is 17.3 Å². The Balaban J connectivity index is 1.57. The first kappa shape index (κ1) is 15.4. The van der Waals surface area contributed by atoms with Gasteiger partial charge >= 0.3 is 0 Å². The van der Waals surface area contributed by atoms with E-state index in [2.05, 4.69) is 33.4 Å². The highest BCUT2D eigenvalue weighted by Crippen LogP contribution is 2.31. The molecule has 2 aromatic rings. The lowest BCUT2D eigenvalue weighted by Crippen LogP contribution is -2.31. The van der Waals surface area contributed by atoms with E-state index in [9.17, 15) is 4.79 Å². The molecule has 0 aromatic heterocycles. The highest BCUT2D eigenvalue weighted by Gasteiger charge is 2.23. The van der Waals surface area contributed by atoms with Gasteiger partial charge in [0, 0.05) is 5.02 Å². The average Bonchev–Trinajstić information content (AvgIpc) is 2.90. The van der Waals surface area contributed by atoms with Crippen LogP contribution in [0.1, 0.15) is 23.6 Å². The summed E-state index contributed by atoms with van der Waals surface area (Å²) in [4.78, 5) is 12.1. The normalized spacial score (nSPS) is 16.2. The predicted octanol–water partition coefficient (Wildman–Crippen LogP) is 4.29. The summed E-state index contributed by atoms with van der Waals surface area (Å²) in [6, 6.07) is 13.5. The van der Waals surface area contributed by atoms with Gasteiger partial charge in [0.15, 0.2) is 6.61 Å². The van der Waals surface area contributed by atoms with Crippen molar-refractivity contribution in [1.82, 2.24) is 5.32 Å². The van der Waals surface area contributed by atoms with Crippen LogP contribution in [0.5, 0.6) is 5.75 Å². The van der Waals surface area contributed by atoms with E-state index in [4.69, 9.17) is 16.3 Å². The summed E-state index contributed by atoms with van der Waals surface area (Å²) in [5, 5.41) is 3.65. The second-order valence-electron chi connectivity index (χ2n) is 5.22. The maximum atomic E-state index is 12.1. The van der Waals surface area contributed by atoms with Crippen LogP contribution in [0, 0.1) is 0 Å². The number of carbonyl (C=O) groups excluding carboxylic acids is 1. The third kappa shape index (κ3) is 3.45. The number of halogens is 2. The minimum Gasteiger partial charge on any atom is -0.483 e. The Hall–Kier alpha value is -1.52. The summed E-state index contributed by atoms with van der Waals surface area (Å²) in [6.07, 6.45) is 1.94. The van der Waals surface area contributed by atoms with Crippen LogP contribution >= 0.6 is 27.5 Å². The van der Waals surface area contributed by atoms with Gasteiger partial charge in [-0.05, 0) is 58.1 Å². The lowest BCUT2D eigenvalue weighted by atomic mass is 10.1. The van der Waals surface area contributed by atoms with Crippen molar-refractivity contribution in [2.24, 2.45) is 0 Å². The maximum Gasteiger partial charge on any atom is 0.258 e. The molecule has 0 bridgehead atoms. The molecule has 3 nitrogen and oxygen atoms in total. The van der Waals surface area contributed by atoms with Gasteiger partial charge in [-0.1, -0.05) is 35.9 Å². The second kappa shape index (κ2) is 6.71. The van der Waals surface area contributed by atoms with Crippen LogP contribution in [0.25, 0.3) is 0 Å².